The van der Waals surface area contributed by atoms with E-state index in [9.17, 15) is 14.4 Å². The molecule has 0 bridgehead atoms. The van der Waals surface area contributed by atoms with Crippen molar-refractivity contribution >= 4 is 51.7 Å². The fraction of sp³-hybridized carbons (Fsp3) is 0.500. The van der Waals surface area contributed by atoms with E-state index in [1.165, 1.54) is 12.8 Å². The summed E-state index contributed by atoms with van der Waals surface area (Å²) >= 11 is 6.99. The van der Waals surface area contributed by atoms with E-state index >= 15 is 0 Å². The van der Waals surface area contributed by atoms with Crippen molar-refractivity contribution in [3.63, 3.8) is 0 Å². The molecule has 9 rings (SSSR count). The summed E-state index contributed by atoms with van der Waals surface area (Å²) in [5, 5.41) is 4.34. The molecule has 3 aromatic heterocycles. The smallest absolute Gasteiger partial charge is 0.270 e. The second kappa shape index (κ2) is 16.5. The van der Waals surface area contributed by atoms with Gasteiger partial charge < -0.3 is 29.5 Å². The fourth-order valence-electron chi connectivity index (χ4n) is 9.57. The molecule has 14 nitrogen and oxygen atoms in total. The molecule has 15 heteroatoms. The van der Waals surface area contributed by atoms with E-state index in [1.54, 1.807) is 23.9 Å². The third-order valence-electron chi connectivity index (χ3n) is 13.0. The monoisotopic (exact) mass is 819 g/mol. The van der Waals surface area contributed by atoms with Crippen LogP contribution in [0.1, 0.15) is 82.5 Å². The molecule has 4 aliphatic heterocycles. The van der Waals surface area contributed by atoms with Crippen LogP contribution >= 0.6 is 11.6 Å². The number of allylic oxidation sites excluding steroid dienone is 1. The number of benzene rings is 1. The Hall–Kier alpha value is -5.05. The summed E-state index contributed by atoms with van der Waals surface area (Å²) in [7, 11) is 3.59. The van der Waals surface area contributed by atoms with E-state index in [0.717, 1.165) is 112 Å². The van der Waals surface area contributed by atoms with Crippen LogP contribution in [0, 0.1) is 0 Å². The fourth-order valence-corrected chi connectivity index (χ4v) is 9.91. The van der Waals surface area contributed by atoms with Crippen molar-refractivity contribution in [3.8, 4) is 0 Å². The number of halogens is 1. The molecular formula is C44H54ClN11O3. The van der Waals surface area contributed by atoms with Gasteiger partial charge in [0, 0.05) is 126 Å². The number of nitrogens with zero attached hydrogens (tertiary/aromatic N) is 10. The number of hydrogen-bond donors (Lipinski definition) is 1. The number of piperidine rings is 1. The Kier molecular flexibility index (Phi) is 11.0. The summed E-state index contributed by atoms with van der Waals surface area (Å²) in [4.78, 5) is 66.7. The third-order valence-corrected chi connectivity index (χ3v) is 13.4. The van der Waals surface area contributed by atoms with Gasteiger partial charge >= 0.3 is 0 Å². The largest absolute Gasteiger partial charge is 0.368 e. The van der Waals surface area contributed by atoms with Crippen molar-refractivity contribution in [1.82, 2.24) is 44.4 Å². The van der Waals surface area contributed by atoms with Crippen LogP contribution in [0.15, 0.2) is 55.0 Å². The van der Waals surface area contributed by atoms with Crippen molar-refractivity contribution in [1.29, 1.82) is 0 Å². The molecule has 1 N–H and O–H groups in total. The van der Waals surface area contributed by atoms with Crippen LogP contribution in [-0.4, -0.2) is 142 Å². The zero-order valence-corrected chi connectivity index (χ0v) is 35.0. The highest BCUT2D eigenvalue weighted by Crippen LogP contribution is 2.39. The molecule has 5 aliphatic rings. The number of carbonyl (C=O) groups is 3. The minimum absolute atomic E-state index is 0.00204. The quantitative estimate of drug-likeness (QED) is 0.243. The number of piperazine rings is 2. The van der Waals surface area contributed by atoms with Crippen LogP contribution in [0.5, 0.6) is 0 Å². The second-order valence-corrected chi connectivity index (χ2v) is 17.3. The van der Waals surface area contributed by atoms with Gasteiger partial charge in [-0.15, -0.1) is 0 Å². The molecule has 1 aliphatic carbocycles. The van der Waals surface area contributed by atoms with Crippen molar-refractivity contribution in [2.45, 2.75) is 63.6 Å². The van der Waals surface area contributed by atoms with Gasteiger partial charge in [-0.25, -0.2) is 9.97 Å². The van der Waals surface area contributed by atoms with Gasteiger partial charge in [0.1, 0.15) is 23.2 Å². The zero-order chi connectivity index (χ0) is 40.8. The van der Waals surface area contributed by atoms with E-state index in [1.807, 2.05) is 30.6 Å². The van der Waals surface area contributed by atoms with Gasteiger partial charge in [-0.1, -0.05) is 31.0 Å². The number of nitrogens with one attached hydrogen (secondary N) is 1. The first kappa shape index (κ1) is 39.4. The van der Waals surface area contributed by atoms with Gasteiger partial charge in [0.05, 0.1) is 29.0 Å². The van der Waals surface area contributed by atoms with E-state index in [4.69, 9.17) is 21.6 Å². The molecule has 4 fully saturated rings. The summed E-state index contributed by atoms with van der Waals surface area (Å²) in [5.41, 5.74) is 6.68. The van der Waals surface area contributed by atoms with Gasteiger partial charge in [-0.05, 0) is 56.0 Å². The number of rotatable bonds is 10. The van der Waals surface area contributed by atoms with Crippen molar-refractivity contribution in [2.24, 2.45) is 0 Å². The van der Waals surface area contributed by atoms with Gasteiger partial charge in [-0.3, -0.25) is 29.2 Å². The summed E-state index contributed by atoms with van der Waals surface area (Å²) in [6.45, 7) is 13.8. The first-order valence-corrected chi connectivity index (χ1v) is 21.6. The van der Waals surface area contributed by atoms with Crippen molar-refractivity contribution in [3.05, 3.63) is 88.4 Å². The van der Waals surface area contributed by atoms with Gasteiger partial charge in [0.25, 0.3) is 11.8 Å². The Bertz CT molecular complexity index is 2250. The zero-order valence-electron chi connectivity index (χ0n) is 34.2. The topological polar surface area (TPSA) is 126 Å². The van der Waals surface area contributed by atoms with E-state index in [-0.39, 0.29) is 23.8 Å². The lowest BCUT2D eigenvalue weighted by molar-refractivity contribution is -0.126. The maximum atomic E-state index is 13.3. The summed E-state index contributed by atoms with van der Waals surface area (Å²) < 4.78 is 2.16. The van der Waals surface area contributed by atoms with Crippen molar-refractivity contribution < 1.29 is 14.4 Å². The summed E-state index contributed by atoms with van der Waals surface area (Å²) in [6.07, 6.45) is 10.1. The van der Waals surface area contributed by atoms with Crippen LogP contribution in [0.3, 0.4) is 0 Å². The number of amides is 3. The first-order valence-electron chi connectivity index (χ1n) is 21.2. The maximum Gasteiger partial charge on any atom is 0.270 e. The van der Waals surface area contributed by atoms with Crippen LogP contribution < -0.4 is 15.1 Å². The molecule has 3 saturated heterocycles. The van der Waals surface area contributed by atoms with Gasteiger partial charge in [0.2, 0.25) is 5.91 Å². The Morgan fingerprint density at radius 1 is 0.898 bits per heavy atom. The lowest BCUT2D eigenvalue weighted by Gasteiger charge is -2.39. The summed E-state index contributed by atoms with van der Waals surface area (Å²) in [5.74, 6) is 0.416. The van der Waals surface area contributed by atoms with Gasteiger partial charge in [0.15, 0.2) is 0 Å². The van der Waals surface area contributed by atoms with E-state index in [2.05, 4.69) is 53.2 Å². The molecular weight excluding hydrogens is 766 g/mol. The highest BCUT2D eigenvalue weighted by Gasteiger charge is 2.40. The molecule has 0 spiro atoms. The minimum atomic E-state index is -0.498. The molecule has 1 saturated carbocycles. The average molecular weight is 820 g/mol. The molecule has 1 atom stereocenters. The van der Waals surface area contributed by atoms with E-state index < -0.39 is 6.04 Å². The second-order valence-electron chi connectivity index (χ2n) is 16.9. The van der Waals surface area contributed by atoms with Crippen LogP contribution in [0.4, 0.5) is 11.4 Å². The molecule has 310 valence electrons. The van der Waals surface area contributed by atoms with Crippen LogP contribution in [0.25, 0.3) is 11.0 Å². The highest BCUT2D eigenvalue weighted by atomic mass is 35.5. The predicted octanol–water partition coefficient (Wildman–Crippen LogP) is 4.58. The third kappa shape index (κ3) is 7.89. The van der Waals surface area contributed by atoms with Crippen LogP contribution in [-0.2, 0) is 17.8 Å². The Balaban J connectivity index is 0.742. The standard InChI is InChI=1S/C44H54ClN11O3/c1-29-8-12-37(42(57)48-29)55-28-35-34(43(55)58)11-13-36(40(35)45)54-22-18-52(19-23-54)15-14-51-16-20-53(21-17-51)33-10-9-31(46-27-33)25-39-47-26-30-24-38(44(59)50(2)3)56(41(30)49-39)32-6-4-5-7-32/h9-11,13,24,26-27,32,37H,1,4-8,12,14-23,25,28H2,2-3H3,(H,48,57). The van der Waals surface area contributed by atoms with Crippen molar-refractivity contribution in [2.75, 3.05) is 89.3 Å². The Morgan fingerprint density at radius 3 is 2.27 bits per heavy atom. The minimum Gasteiger partial charge on any atom is -0.368 e. The maximum absolute atomic E-state index is 13.3. The molecule has 59 heavy (non-hydrogen) atoms. The lowest BCUT2D eigenvalue weighted by Crippen LogP contribution is -2.51. The van der Waals surface area contributed by atoms with Crippen LogP contribution in [0.2, 0.25) is 5.02 Å². The highest BCUT2D eigenvalue weighted by molar-refractivity contribution is 6.35. The molecule has 1 unspecified atom stereocenters. The number of carbonyl (C=O) groups excluding carboxylic acids is 3. The molecule has 3 amide bonds. The van der Waals surface area contributed by atoms with E-state index in [0.29, 0.717) is 53.6 Å². The number of anilines is 2. The van der Waals surface area contributed by atoms with Gasteiger partial charge in [-0.2, -0.15) is 0 Å². The number of fused-ring (bicyclic) bond motifs is 2. The SMILES string of the molecule is C=C1CCC(N2Cc3c(ccc(N4CCN(CCN5CCN(c6ccc(Cc7ncc8cc(C(=O)N(C)C)n(C9CCCC9)c8n7)nc6)CC5)CC4)c3Cl)C2=O)C(=O)N1. The number of hydrogen-bond acceptors (Lipinski definition) is 10. The molecule has 1 aromatic carbocycles. The normalized spacial score (nSPS) is 20.8. The molecule has 0 radical (unpaired) electrons. The first-order chi connectivity index (χ1) is 28.6. The molecule has 7 heterocycles. The molecule has 4 aromatic rings. The number of pyridine rings is 1. The average Bonchev–Trinajstić information content (AvgIpc) is 3.99. The Morgan fingerprint density at radius 2 is 1.61 bits per heavy atom. The lowest BCUT2D eigenvalue weighted by atomic mass is 10.0. The number of aromatic nitrogens is 4. The summed E-state index contributed by atoms with van der Waals surface area (Å²) in [6, 6.07) is 9.84. The predicted molar refractivity (Wildman–Crippen MR) is 229 cm³/mol. The Labute approximate surface area is 350 Å².